The van der Waals surface area contributed by atoms with E-state index in [1.165, 1.54) is 0 Å². The van der Waals surface area contributed by atoms with E-state index in [4.69, 9.17) is 21.1 Å². The molecule has 7 nitrogen and oxygen atoms in total. The van der Waals surface area contributed by atoms with Gasteiger partial charge in [-0.1, -0.05) is 11.8 Å². The molecule has 1 rings (SSSR count). The van der Waals surface area contributed by atoms with Gasteiger partial charge in [0.1, 0.15) is 17.5 Å². The zero-order valence-electron chi connectivity index (χ0n) is 15.3. The molecule has 0 saturated carbocycles. The highest BCUT2D eigenvalue weighted by molar-refractivity contribution is 6.28. The van der Waals surface area contributed by atoms with Crippen LogP contribution in [-0.2, 0) is 9.47 Å². The van der Waals surface area contributed by atoms with Gasteiger partial charge in [0, 0.05) is 25.9 Å². The van der Waals surface area contributed by atoms with Crippen LogP contribution in [0.5, 0.6) is 0 Å². The second-order valence-electron chi connectivity index (χ2n) is 6.12. The minimum absolute atomic E-state index is 0.117. The molecule has 0 aromatic carbocycles. The summed E-state index contributed by atoms with van der Waals surface area (Å²) >= 11 is 5.84. The van der Waals surface area contributed by atoms with Crippen molar-refractivity contribution in [1.29, 1.82) is 0 Å². The summed E-state index contributed by atoms with van der Waals surface area (Å²) < 4.78 is 10.5. The molecule has 1 aromatic heterocycles. The van der Waals surface area contributed by atoms with Crippen LogP contribution >= 0.6 is 11.6 Å². The molecule has 1 aromatic rings. The van der Waals surface area contributed by atoms with Crippen LogP contribution in [0.4, 0.5) is 10.6 Å². The predicted octanol–water partition coefficient (Wildman–Crippen LogP) is 2.84. The van der Waals surface area contributed by atoms with E-state index in [2.05, 4.69) is 32.4 Å². The van der Waals surface area contributed by atoms with E-state index in [1.54, 1.807) is 6.20 Å². The molecule has 0 aliphatic rings. The number of nitrogens with one attached hydrogen (secondary N) is 2. The highest BCUT2D eigenvalue weighted by Gasteiger charge is 2.15. The van der Waals surface area contributed by atoms with Crippen LogP contribution in [0.25, 0.3) is 0 Å². The third-order valence-corrected chi connectivity index (χ3v) is 2.85. The van der Waals surface area contributed by atoms with Crippen LogP contribution in [0, 0.1) is 11.8 Å². The molecule has 8 heteroatoms. The number of hydrogen-bond acceptors (Lipinski definition) is 6. The van der Waals surface area contributed by atoms with E-state index in [0.717, 1.165) is 0 Å². The molecule has 0 aliphatic carbocycles. The first kappa shape index (κ1) is 21.0. The van der Waals surface area contributed by atoms with E-state index < -0.39 is 11.7 Å². The van der Waals surface area contributed by atoms with Crippen LogP contribution in [0.15, 0.2) is 6.20 Å². The number of nitrogens with zero attached hydrogens (tertiary/aromatic N) is 2. The lowest BCUT2D eigenvalue weighted by atomic mass is 10.2. The molecule has 0 bridgehead atoms. The lowest BCUT2D eigenvalue weighted by Gasteiger charge is -2.19. The molecular formula is C17H25ClN4O3. The van der Waals surface area contributed by atoms with Gasteiger partial charge in [0.2, 0.25) is 5.28 Å². The minimum Gasteiger partial charge on any atom is -0.444 e. The number of anilines is 1. The monoisotopic (exact) mass is 368 g/mol. The number of hydrogen-bond donors (Lipinski definition) is 2. The van der Waals surface area contributed by atoms with Crippen LogP contribution in [0.2, 0.25) is 5.28 Å². The van der Waals surface area contributed by atoms with Crippen molar-refractivity contribution < 1.29 is 14.3 Å². The molecule has 1 amide bonds. The van der Waals surface area contributed by atoms with Crippen molar-refractivity contribution in [1.82, 2.24) is 15.3 Å². The lowest BCUT2D eigenvalue weighted by molar-refractivity contribution is 0.0530. The Bertz CT molecular complexity index is 635. The van der Waals surface area contributed by atoms with Crippen LogP contribution < -0.4 is 10.6 Å². The van der Waals surface area contributed by atoms with Gasteiger partial charge in [0.15, 0.2) is 0 Å². The van der Waals surface area contributed by atoms with Crippen LogP contribution in [0.1, 0.15) is 40.2 Å². The summed E-state index contributed by atoms with van der Waals surface area (Å²) in [5, 5.41) is 5.85. The maximum Gasteiger partial charge on any atom is 0.407 e. The lowest BCUT2D eigenvalue weighted by Crippen LogP contribution is -2.35. The molecule has 138 valence electrons. The number of aromatic nitrogens is 2. The van der Waals surface area contributed by atoms with E-state index in [0.29, 0.717) is 31.1 Å². The molecule has 0 spiro atoms. The Balaban J connectivity index is 2.60. The molecule has 1 unspecified atom stereocenters. The first-order valence-electron chi connectivity index (χ1n) is 8.07. The number of carbonyl (C=O) groups is 1. The van der Waals surface area contributed by atoms with Crippen molar-refractivity contribution in [2.75, 3.05) is 25.0 Å². The van der Waals surface area contributed by atoms with Gasteiger partial charge in [0.25, 0.3) is 0 Å². The number of alkyl carbamates (subject to hydrolysis) is 1. The third kappa shape index (κ3) is 9.13. The smallest absolute Gasteiger partial charge is 0.407 e. The first-order chi connectivity index (χ1) is 11.7. The molecular weight excluding hydrogens is 344 g/mol. The van der Waals surface area contributed by atoms with Gasteiger partial charge in [-0.3, -0.25) is 0 Å². The Morgan fingerprint density at radius 1 is 1.40 bits per heavy atom. The van der Waals surface area contributed by atoms with E-state index in [9.17, 15) is 4.79 Å². The first-order valence-corrected chi connectivity index (χ1v) is 8.45. The topological polar surface area (TPSA) is 85.4 Å². The standard InChI is InChI=1S/C17H25ClN4O3/c1-6-24-12(2)7-8-13-11-21-15(18)22-14(13)19-9-10-20-16(23)25-17(3,4)5/h11-12H,6,9-10H2,1-5H3,(H,20,23)(H,19,21,22). The molecule has 0 radical (unpaired) electrons. The van der Waals surface area contributed by atoms with Gasteiger partial charge in [-0.15, -0.1) is 0 Å². The summed E-state index contributed by atoms with van der Waals surface area (Å²) in [5.74, 6) is 6.44. The minimum atomic E-state index is -0.530. The number of rotatable bonds is 6. The second-order valence-corrected chi connectivity index (χ2v) is 6.46. The van der Waals surface area contributed by atoms with Crippen molar-refractivity contribution in [2.45, 2.75) is 46.3 Å². The number of halogens is 1. The summed E-state index contributed by atoms with van der Waals surface area (Å²) in [6.45, 7) is 10.6. The van der Waals surface area contributed by atoms with Gasteiger partial charge < -0.3 is 20.1 Å². The van der Waals surface area contributed by atoms with E-state index >= 15 is 0 Å². The van der Waals surface area contributed by atoms with Crippen LogP contribution in [-0.4, -0.2) is 47.5 Å². The largest absolute Gasteiger partial charge is 0.444 e. The zero-order valence-corrected chi connectivity index (χ0v) is 16.0. The maximum absolute atomic E-state index is 11.6. The quantitative estimate of drug-likeness (QED) is 0.456. The van der Waals surface area contributed by atoms with E-state index in [1.807, 2.05) is 34.6 Å². The summed E-state index contributed by atoms with van der Waals surface area (Å²) in [5.41, 5.74) is 0.0748. The van der Waals surface area contributed by atoms with Crippen molar-refractivity contribution in [3.8, 4) is 11.8 Å². The average Bonchev–Trinajstić information content (AvgIpc) is 2.49. The highest BCUT2D eigenvalue weighted by atomic mass is 35.5. The molecule has 1 atom stereocenters. The fourth-order valence-corrected chi connectivity index (χ4v) is 1.85. The predicted molar refractivity (Wildman–Crippen MR) is 97.7 cm³/mol. The van der Waals surface area contributed by atoms with Gasteiger partial charge in [-0.25, -0.2) is 9.78 Å². The summed E-state index contributed by atoms with van der Waals surface area (Å²) in [7, 11) is 0. The van der Waals surface area contributed by atoms with Gasteiger partial charge in [-0.05, 0) is 46.2 Å². The average molecular weight is 369 g/mol. The second kappa shape index (κ2) is 10.1. The highest BCUT2D eigenvalue weighted by Crippen LogP contribution is 2.13. The SMILES string of the molecule is CCOC(C)C#Cc1cnc(Cl)nc1NCCNC(=O)OC(C)(C)C. The Morgan fingerprint density at radius 3 is 2.76 bits per heavy atom. The Hall–Kier alpha value is -2.04. The van der Waals surface area contributed by atoms with Gasteiger partial charge in [0.05, 0.1) is 5.56 Å². The van der Waals surface area contributed by atoms with Gasteiger partial charge in [-0.2, -0.15) is 4.98 Å². The van der Waals surface area contributed by atoms with Crippen LogP contribution in [0.3, 0.4) is 0 Å². The van der Waals surface area contributed by atoms with Crippen molar-refractivity contribution >= 4 is 23.5 Å². The Labute approximate surface area is 153 Å². The van der Waals surface area contributed by atoms with Gasteiger partial charge >= 0.3 is 6.09 Å². The summed E-state index contributed by atoms with van der Waals surface area (Å²) in [4.78, 5) is 19.7. The van der Waals surface area contributed by atoms with Crippen molar-refractivity contribution in [2.24, 2.45) is 0 Å². The Kier molecular flexibility index (Phi) is 8.46. The summed E-state index contributed by atoms with van der Waals surface area (Å²) in [6, 6.07) is 0. The molecule has 0 aliphatic heterocycles. The molecule has 2 N–H and O–H groups in total. The fraction of sp³-hybridized carbons (Fsp3) is 0.588. The van der Waals surface area contributed by atoms with Crippen molar-refractivity contribution in [3.63, 3.8) is 0 Å². The molecule has 1 heterocycles. The number of ether oxygens (including phenoxy) is 2. The molecule has 0 saturated heterocycles. The fourth-order valence-electron chi connectivity index (χ4n) is 1.72. The maximum atomic E-state index is 11.6. The number of carbonyl (C=O) groups excluding carboxylic acids is 1. The Morgan fingerprint density at radius 2 is 2.12 bits per heavy atom. The zero-order chi connectivity index (χ0) is 18.9. The summed E-state index contributed by atoms with van der Waals surface area (Å²) in [6.07, 6.45) is 0.882. The molecule has 25 heavy (non-hydrogen) atoms. The molecule has 0 fully saturated rings. The third-order valence-electron chi connectivity index (χ3n) is 2.67. The normalized spacial score (nSPS) is 11.9. The van der Waals surface area contributed by atoms with E-state index in [-0.39, 0.29) is 11.4 Å². The number of amides is 1. The van der Waals surface area contributed by atoms with Crippen molar-refractivity contribution in [3.05, 3.63) is 17.0 Å².